The van der Waals surface area contributed by atoms with Crippen LogP contribution in [0.3, 0.4) is 0 Å². The van der Waals surface area contributed by atoms with Crippen LogP contribution in [0.5, 0.6) is 5.75 Å². The molecule has 0 atom stereocenters. The number of phenols is 1. The van der Waals surface area contributed by atoms with Crippen molar-refractivity contribution in [1.29, 1.82) is 0 Å². The quantitative estimate of drug-likeness (QED) is 0.791. The topological polar surface area (TPSA) is 86.6 Å². The lowest BCUT2D eigenvalue weighted by Crippen LogP contribution is -2.15. The minimum Gasteiger partial charge on any atom is -0.508 e. The van der Waals surface area contributed by atoms with E-state index in [9.17, 15) is 14.7 Å². The van der Waals surface area contributed by atoms with Gasteiger partial charge in [0.05, 0.1) is 12.0 Å². The van der Waals surface area contributed by atoms with Crippen molar-refractivity contribution in [2.24, 2.45) is 0 Å². The number of aromatic hydroxyl groups is 1. The summed E-state index contributed by atoms with van der Waals surface area (Å²) in [6.07, 6.45) is 0.00158. The monoisotopic (exact) mass is 349 g/mol. The molecule has 21 heavy (non-hydrogen) atoms. The highest BCUT2D eigenvalue weighted by Crippen LogP contribution is 2.21. The van der Waals surface area contributed by atoms with Gasteiger partial charge in [-0.25, -0.2) is 4.79 Å². The van der Waals surface area contributed by atoms with Crippen LogP contribution in [0.4, 0.5) is 5.69 Å². The molecule has 0 aliphatic carbocycles. The van der Waals surface area contributed by atoms with E-state index < -0.39 is 5.97 Å². The van der Waals surface area contributed by atoms with Crippen molar-refractivity contribution in [3.05, 3.63) is 58.1 Å². The lowest BCUT2D eigenvalue weighted by atomic mass is 10.1. The Bertz CT molecular complexity index is 700. The highest BCUT2D eigenvalue weighted by Gasteiger charge is 2.10. The molecule has 5 nitrogen and oxygen atoms in total. The minimum absolute atomic E-state index is 0.00158. The number of carbonyl (C=O) groups excluding carboxylic acids is 1. The van der Waals surface area contributed by atoms with E-state index in [-0.39, 0.29) is 23.6 Å². The molecule has 0 unspecified atom stereocenters. The fourth-order valence-electron chi connectivity index (χ4n) is 1.82. The van der Waals surface area contributed by atoms with Crippen LogP contribution >= 0.6 is 15.9 Å². The second kappa shape index (κ2) is 6.41. The Morgan fingerprint density at radius 1 is 1.14 bits per heavy atom. The normalized spacial score (nSPS) is 10.1. The number of amides is 1. The standard InChI is InChI=1S/C15H12BrNO4/c16-11-5-10(15(20)21)6-12(8-11)17-14(19)7-9-3-1-2-4-13(9)18/h1-6,8,18H,7H2,(H,17,19)(H,20,21). The van der Waals surface area contributed by atoms with Crippen LogP contribution in [-0.2, 0) is 11.2 Å². The van der Waals surface area contributed by atoms with Gasteiger partial charge in [0.2, 0.25) is 5.91 Å². The zero-order valence-corrected chi connectivity index (χ0v) is 12.4. The van der Waals surface area contributed by atoms with E-state index in [1.165, 1.54) is 18.2 Å². The molecule has 2 aromatic carbocycles. The van der Waals surface area contributed by atoms with Gasteiger partial charge >= 0.3 is 5.97 Å². The summed E-state index contributed by atoms with van der Waals surface area (Å²) >= 11 is 3.20. The fraction of sp³-hybridized carbons (Fsp3) is 0.0667. The average Bonchev–Trinajstić information content (AvgIpc) is 2.40. The SMILES string of the molecule is O=C(Cc1ccccc1O)Nc1cc(Br)cc(C(=O)O)c1. The first-order valence-electron chi connectivity index (χ1n) is 6.06. The molecule has 3 N–H and O–H groups in total. The number of nitrogens with one attached hydrogen (secondary N) is 1. The maximum Gasteiger partial charge on any atom is 0.335 e. The van der Waals surface area contributed by atoms with E-state index in [1.54, 1.807) is 24.3 Å². The van der Waals surface area contributed by atoms with Gasteiger partial charge in [-0.3, -0.25) is 4.79 Å². The Morgan fingerprint density at radius 3 is 2.52 bits per heavy atom. The molecule has 0 aliphatic rings. The Morgan fingerprint density at radius 2 is 1.86 bits per heavy atom. The van der Waals surface area contributed by atoms with Crippen LogP contribution in [0.25, 0.3) is 0 Å². The predicted octanol–water partition coefficient (Wildman–Crippen LogP) is 3.03. The zero-order valence-electron chi connectivity index (χ0n) is 10.8. The number of halogens is 1. The summed E-state index contributed by atoms with van der Waals surface area (Å²) < 4.78 is 0.556. The molecule has 0 bridgehead atoms. The van der Waals surface area contributed by atoms with E-state index in [0.717, 1.165) is 0 Å². The van der Waals surface area contributed by atoms with Crippen molar-refractivity contribution >= 4 is 33.5 Å². The molecule has 2 rings (SSSR count). The zero-order chi connectivity index (χ0) is 15.4. The summed E-state index contributed by atoms with van der Waals surface area (Å²) in [6, 6.07) is 11.0. The highest BCUT2D eigenvalue weighted by atomic mass is 79.9. The average molecular weight is 350 g/mol. The molecule has 0 saturated heterocycles. The second-order valence-corrected chi connectivity index (χ2v) is 5.30. The maximum atomic E-state index is 11.9. The number of anilines is 1. The summed E-state index contributed by atoms with van der Waals surface area (Å²) in [5, 5.41) is 21.2. The van der Waals surface area contributed by atoms with Gasteiger partial charge in [0.15, 0.2) is 0 Å². The molecule has 0 aliphatic heterocycles. The van der Waals surface area contributed by atoms with E-state index >= 15 is 0 Å². The van der Waals surface area contributed by atoms with Crippen LogP contribution in [-0.4, -0.2) is 22.1 Å². The van der Waals surface area contributed by atoms with Gasteiger partial charge in [-0.2, -0.15) is 0 Å². The van der Waals surface area contributed by atoms with Gasteiger partial charge in [-0.05, 0) is 24.3 Å². The number of rotatable bonds is 4. The van der Waals surface area contributed by atoms with Crippen molar-refractivity contribution in [1.82, 2.24) is 0 Å². The smallest absolute Gasteiger partial charge is 0.335 e. The van der Waals surface area contributed by atoms with E-state index in [2.05, 4.69) is 21.2 Å². The second-order valence-electron chi connectivity index (χ2n) is 4.39. The van der Waals surface area contributed by atoms with Crippen LogP contribution < -0.4 is 5.32 Å². The molecular formula is C15H12BrNO4. The van der Waals surface area contributed by atoms with Gasteiger partial charge < -0.3 is 15.5 Å². The molecule has 0 saturated carbocycles. The van der Waals surface area contributed by atoms with Crippen molar-refractivity contribution in [3.8, 4) is 5.75 Å². The number of benzene rings is 2. The lowest BCUT2D eigenvalue weighted by molar-refractivity contribution is -0.115. The van der Waals surface area contributed by atoms with Crippen LogP contribution in [0.2, 0.25) is 0 Å². The Hall–Kier alpha value is -2.34. The predicted molar refractivity (Wildman–Crippen MR) is 81.5 cm³/mol. The Balaban J connectivity index is 2.13. The number of para-hydroxylation sites is 1. The first-order chi connectivity index (χ1) is 9.95. The van der Waals surface area contributed by atoms with Crippen molar-refractivity contribution in [2.45, 2.75) is 6.42 Å². The van der Waals surface area contributed by atoms with Crippen LogP contribution in [0.1, 0.15) is 15.9 Å². The van der Waals surface area contributed by atoms with Gasteiger partial charge in [0, 0.05) is 15.7 Å². The Labute approximate surface area is 129 Å². The fourth-order valence-corrected chi connectivity index (χ4v) is 2.32. The molecule has 1 amide bonds. The minimum atomic E-state index is -1.08. The van der Waals surface area contributed by atoms with E-state index in [1.807, 2.05) is 0 Å². The number of hydrogen-bond donors (Lipinski definition) is 3. The number of hydrogen-bond acceptors (Lipinski definition) is 3. The molecule has 2 aromatic rings. The van der Waals surface area contributed by atoms with Gasteiger partial charge in [-0.15, -0.1) is 0 Å². The van der Waals surface area contributed by atoms with E-state index in [0.29, 0.717) is 15.7 Å². The maximum absolute atomic E-state index is 11.9. The van der Waals surface area contributed by atoms with Crippen molar-refractivity contribution in [3.63, 3.8) is 0 Å². The van der Waals surface area contributed by atoms with Gasteiger partial charge in [0.1, 0.15) is 5.75 Å². The Kier molecular flexibility index (Phi) is 4.59. The summed E-state index contributed by atoms with van der Waals surface area (Å²) in [5.41, 5.74) is 0.952. The molecule has 108 valence electrons. The number of carboxylic acids is 1. The van der Waals surface area contributed by atoms with E-state index in [4.69, 9.17) is 5.11 Å². The van der Waals surface area contributed by atoms with Gasteiger partial charge in [0.25, 0.3) is 0 Å². The number of carboxylic acid groups (broad SMARTS) is 1. The summed E-state index contributed by atoms with van der Waals surface area (Å²) in [5.74, 6) is -1.37. The summed E-state index contributed by atoms with van der Waals surface area (Å²) in [6.45, 7) is 0. The number of aromatic carboxylic acids is 1. The third-order valence-corrected chi connectivity index (χ3v) is 3.23. The number of phenolic OH excluding ortho intramolecular Hbond substituents is 1. The third kappa shape index (κ3) is 4.06. The van der Waals surface area contributed by atoms with Crippen LogP contribution in [0.15, 0.2) is 46.9 Å². The summed E-state index contributed by atoms with van der Waals surface area (Å²) in [7, 11) is 0. The van der Waals surface area contributed by atoms with Crippen molar-refractivity contribution < 1.29 is 19.8 Å². The van der Waals surface area contributed by atoms with Crippen molar-refractivity contribution in [2.75, 3.05) is 5.32 Å². The first kappa shape index (κ1) is 15.1. The molecule has 0 fully saturated rings. The molecular weight excluding hydrogens is 338 g/mol. The molecule has 0 aromatic heterocycles. The molecule has 0 spiro atoms. The lowest BCUT2D eigenvalue weighted by Gasteiger charge is -2.08. The molecule has 0 radical (unpaired) electrons. The third-order valence-electron chi connectivity index (χ3n) is 2.77. The molecule has 6 heteroatoms. The molecule has 0 heterocycles. The van der Waals surface area contributed by atoms with Gasteiger partial charge in [-0.1, -0.05) is 34.1 Å². The summed E-state index contributed by atoms with van der Waals surface area (Å²) in [4.78, 5) is 22.9. The number of carbonyl (C=O) groups is 2. The first-order valence-corrected chi connectivity index (χ1v) is 6.85. The highest BCUT2D eigenvalue weighted by molar-refractivity contribution is 9.10. The largest absolute Gasteiger partial charge is 0.508 e. The van der Waals surface area contributed by atoms with Crippen LogP contribution in [0, 0.1) is 0 Å².